The lowest BCUT2D eigenvalue weighted by Crippen LogP contribution is -2.09. The van der Waals surface area contributed by atoms with Crippen molar-refractivity contribution in [3.05, 3.63) is 108 Å². The summed E-state index contributed by atoms with van der Waals surface area (Å²) in [6.07, 6.45) is -0.798. The number of aromatic nitrogens is 3. The van der Waals surface area contributed by atoms with Crippen LogP contribution in [0.15, 0.2) is 97.1 Å². The maximum atomic E-state index is 10.6. The van der Waals surface area contributed by atoms with Gasteiger partial charge in [0.15, 0.2) is 11.9 Å². The van der Waals surface area contributed by atoms with Gasteiger partial charge in [-0.2, -0.15) is 5.10 Å². The number of nitrogens with zero attached hydrogens (tertiary/aromatic N) is 3. The highest BCUT2D eigenvalue weighted by atomic mass is 16.3. The summed E-state index contributed by atoms with van der Waals surface area (Å²) >= 11 is 0. The lowest BCUT2D eigenvalue weighted by atomic mass is 10.0. The molecule has 160 valence electrons. The Morgan fingerprint density at radius 3 is 2.33 bits per heavy atom. The van der Waals surface area contributed by atoms with Crippen molar-refractivity contribution >= 4 is 33.1 Å². The summed E-state index contributed by atoms with van der Waals surface area (Å²) in [5, 5.41) is 20.9. The monoisotopic (exact) mass is 430 g/mol. The molecule has 0 amide bonds. The molecule has 0 aliphatic rings. The molecule has 0 saturated heterocycles. The number of rotatable bonds is 4. The van der Waals surface area contributed by atoms with Gasteiger partial charge in [0.1, 0.15) is 0 Å². The molecule has 0 aliphatic carbocycles. The third-order valence-corrected chi connectivity index (χ3v) is 6.00. The number of anilines is 1. The molecule has 0 radical (unpaired) electrons. The second kappa shape index (κ2) is 7.73. The fourth-order valence-electron chi connectivity index (χ4n) is 4.27. The number of aliphatic hydroxyl groups excluding tert-OH is 1. The van der Waals surface area contributed by atoms with Gasteiger partial charge in [-0.1, -0.05) is 84.4 Å². The normalized spacial score (nSPS) is 12.4. The smallest absolute Gasteiger partial charge is 0.162 e. The number of benzene rings is 4. The van der Waals surface area contributed by atoms with Gasteiger partial charge in [0, 0.05) is 27.6 Å². The van der Waals surface area contributed by atoms with E-state index in [0.29, 0.717) is 0 Å². The Balaban J connectivity index is 1.50. The molecule has 4 aromatic carbocycles. The highest BCUT2D eigenvalue weighted by Crippen LogP contribution is 2.32. The van der Waals surface area contributed by atoms with Crippen molar-refractivity contribution in [3.63, 3.8) is 0 Å². The third kappa shape index (κ3) is 3.39. The van der Waals surface area contributed by atoms with E-state index >= 15 is 0 Å². The molecular weight excluding hydrogens is 408 g/mol. The third-order valence-electron chi connectivity index (χ3n) is 6.00. The molecule has 5 nitrogen and oxygen atoms in total. The van der Waals surface area contributed by atoms with Gasteiger partial charge in [0.2, 0.25) is 0 Å². The molecule has 0 spiro atoms. The van der Waals surface area contributed by atoms with E-state index in [4.69, 9.17) is 10.1 Å². The average molecular weight is 431 g/mol. The van der Waals surface area contributed by atoms with E-state index < -0.39 is 6.23 Å². The Hall–Kier alpha value is -4.22. The summed E-state index contributed by atoms with van der Waals surface area (Å²) in [6.45, 7) is 2.09. The van der Waals surface area contributed by atoms with Gasteiger partial charge in [0.05, 0.1) is 16.7 Å². The van der Waals surface area contributed by atoms with Crippen LogP contribution in [0.2, 0.25) is 0 Å². The van der Waals surface area contributed by atoms with Gasteiger partial charge in [0.25, 0.3) is 0 Å². The Bertz CT molecular complexity index is 1600. The first-order valence-electron chi connectivity index (χ1n) is 11.0. The number of hydrogen-bond acceptors (Lipinski definition) is 4. The van der Waals surface area contributed by atoms with E-state index in [9.17, 15) is 5.11 Å². The van der Waals surface area contributed by atoms with Crippen molar-refractivity contribution in [2.24, 2.45) is 0 Å². The number of fused-ring (bicyclic) bond motifs is 5. The highest BCUT2D eigenvalue weighted by Gasteiger charge is 2.15. The molecule has 2 aromatic heterocycles. The van der Waals surface area contributed by atoms with Crippen LogP contribution in [-0.4, -0.2) is 19.7 Å². The molecule has 33 heavy (non-hydrogen) atoms. The van der Waals surface area contributed by atoms with Gasteiger partial charge in [-0.05, 0) is 25.1 Å². The standard InChI is InChI=1S/C28H22N4O/c1-18-11-13-19(14-12-18)26-22-9-5-6-10-23(22)27-30-24-17-21(15-16-25(24)32(27)31-26)29-28(33)20-7-3-2-4-8-20/h2-17,28-29,33H,1H3. The number of aliphatic hydroxyl groups is 1. The van der Waals surface area contributed by atoms with Gasteiger partial charge >= 0.3 is 0 Å². The number of aryl methyl sites for hydroxylation is 1. The van der Waals surface area contributed by atoms with Crippen LogP contribution in [0.5, 0.6) is 0 Å². The number of hydrogen-bond donors (Lipinski definition) is 2. The topological polar surface area (TPSA) is 62.5 Å². The summed E-state index contributed by atoms with van der Waals surface area (Å²) in [6, 6.07) is 32.1. The van der Waals surface area contributed by atoms with E-state index in [1.165, 1.54) is 5.56 Å². The van der Waals surface area contributed by atoms with E-state index in [1.54, 1.807) is 0 Å². The minimum absolute atomic E-state index is 0.797. The van der Waals surface area contributed by atoms with Crippen LogP contribution in [0, 0.1) is 6.92 Å². The molecule has 6 aromatic rings. The zero-order chi connectivity index (χ0) is 22.4. The Kier molecular flexibility index (Phi) is 4.56. The molecule has 6 rings (SSSR count). The Labute approximate surface area is 191 Å². The fourth-order valence-corrected chi connectivity index (χ4v) is 4.27. The first kappa shape index (κ1) is 19.5. The summed E-state index contributed by atoms with van der Waals surface area (Å²) < 4.78 is 1.92. The van der Waals surface area contributed by atoms with Crippen LogP contribution in [0.3, 0.4) is 0 Å². The molecule has 2 N–H and O–H groups in total. The van der Waals surface area contributed by atoms with Crippen molar-refractivity contribution in [3.8, 4) is 11.3 Å². The minimum atomic E-state index is -0.798. The van der Waals surface area contributed by atoms with Crippen LogP contribution in [-0.2, 0) is 0 Å². The Morgan fingerprint density at radius 1 is 0.818 bits per heavy atom. The minimum Gasteiger partial charge on any atom is -0.369 e. The predicted molar refractivity (Wildman–Crippen MR) is 133 cm³/mol. The molecule has 0 saturated carbocycles. The van der Waals surface area contributed by atoms with Crippen molar-refractivity contribution in [2.75, 3.05) is 5.32 Å². The average Bonchev–Trinajstić information content (AvgIpc) is 3.22. The lowest BCUT2D eigenvalue weighted by Gasteiger charge is -2.14. The predicted octanol–water partition coefficient (Wildman–Crippen LogP) is 6.11. The molecule has 0 aliphatic heterocycles. The molecule has 0 fully saturated rings. The van der Waals surface area contributed by atoms with Crippen LogP contribution >= 0.6 is 0 Å². The van der Waals surface area contributed by atoms with Gasteiger partial charge < -0.3 is 10.4 Å². The maximum Gasteiger partial charge on any atom is 0.162 e. The Morgan fingerprint density at radius 2 is 1.55 bits per heavy atom. The van der Waals surface area contributed by atoms with E-state index in [0.717, 1.165) is 50.0 Å². The first-order chi connectivity index (χ1) is 16.2. The summed E-state index contributed by atoms with van der Waals surface area (Å²) in [5.41, 5.74) is 7.38. The molecular formula is C28H22N4O. The molecule has 1 atom stereocenters. The SMILES string of the molecule is Cc1ccc(-c2nn3c4ccc(NC(O)c5ccccc5)cc4nc3c3ccccc23)cc1. The van der Waals surface area contributed by atoms with Crippen molar-refractivity contribution < 1.29 is 5.11 Å². The molecule has 2 heterocycles. The van der Waals surface area contributed by atoms with E-state index in [-0.39, 0.29) is 0 Å². The van der Waals surface area contributed by atoms with Gasteiger partial charge in [-0.3, -0.25) is 0 Å². The van der Waals surface area contributed by atoms with Gasteiger partial charge in [-0.15, -0.1) is 0 Å². The fraction of sp³-hybridized carbons (Fsp3) is 0.0714. The van der Waals surface area contributed by atoms with Crippen molar-refractivity contribution in [2.45, 2.75) is 13.2 Å². The zero-order valence-corrected chi connectivity index (χ0v) is 18.1. The molecule has 5 heteroatoms. The second-order valence-electron chi connectivity index (χ2n) is 8.27. The van der Waals surface area contributed by atoms with Crippen LogP contribution in [0.4, 0.5) is 5.69 Å². The van der Waals surface area contributed by atoms with Gasteiger partial charge in [-0.25, -0.2) is 9.50 Å². The first-order valence-corrected chi connectivity index (χ1v) is 11.0. The summed E-state index contributed by atoms with van der Waals surface area (Å²) in [7, 11) is 0. The largest absolute Gasteiger partial charge is 0.369 e. The van der Waals surface area contributed by atoms with E-state index in [1.807, 2.05) is 65.2 Å². The molecule has 0 bridgehead atoms. The number of nitrogens with one attached hydrogen (secondary N) is 1. The summed E-state index contributed by atoms with van der Waals surface area (Å²) in [4.78, 5) is 4.91. The quantitative estimate of drug-likeness (QED) is 0.331. The molecule has 1 unspecified atom stereocenters. The van der Waals surface area contributed by atoms with Crippen LogP contribution in [0.1, 0.15) is 17.4 Å². The number of imidazole rings is 1. The van der Waals surface area contributed by atoms with Crippen molar-refractivity contribution in [1.82, 2.24) is 14.6 Å². The maximum absolute atomic E-state index is 10.6. The highest BCUT2D eigenvalue weighted by molar-refractivity contribution is 6.04. The van der Waals surface area contributed by atoms with Crippen molar-refractivity contribution in [1.29, 1.82) is 0 Å². The summed E-state index contributed by atoms with van der Waals surface area (Å²) in [5.74, 6) is 0. The van der Waals surface area contributed by atoms with E-state index in [2.05, 4.69) is 48.6 Å². The van der Waals surface area contributed by atoms with Crippen LogP contribution < -0.4 is 5.32 Å². The lowest BCUT2D eigenvalue weighted by molar-refractivity contribution is 0.208. The van der Waals surface area contributed by atoms with Crippen LogP contribution in [0.25, 0.3) is 38.7 Å². The zero-order valence-electron chi connectivity index (χ0n) is 18.1. The second-order valence-corrected chi connectivity index (χ2v) is 8.27.